The Bertz CT molecular complexity index is 178. The van der Waals surface area contributed by atoms with Crippen LogP contribution in [0.5, 0.6) is 0 Å². The van der Waals surface area contributed by atoms with E-state index in [1.807, 2.05) is 0 Å². The fourth-order valence-corrected chi connectivity index (χ4v) is 1.52. The average Bonchev–Trinajstić information content (AvgIpc) is 2.29. The van der Waals surface area contributed by atoms with Crippen LogP contribution >= 0.6 is 0 Å². The number of alkyl halides is 1. The summed E-state index contributed by atoms with van der Waals surface area (Å²) < 4.78 is 17.7. The zero-order valence-electron chi connectivity index (χ0n) is 5.49. The molecule has 3 nitrogen and oxygen atoms in total. The van der Waals surface area contributed by atoms with Crippen molar-refractivity contribution in [1.82, 2.24) is 0 Å². The van der Waals surface area contributed by atoms with E-state index in [4.69, 9.17) is 9.84 Å². The molecule has 2 N–H and O–H groups in total. The molecule has 1 saturated heterocycles. The summed E-state index contributed by atoms with van der Waals surface area (Å²) in [5.41, 5.74) is -1.58. The first-order valence-electron chi connectivity index (χ1n) is 3.28. The van der Waals surface area contributed by atoms with Gasteiger partial charge in [0.05, 0.1) is 6.00 Å². The molecule has 2 rings (SSSR count). The molecule has 10 heavy (non-hydrogen) atoms. The van der Waals surface area contributed by atoms with Crippen molar-refractivity contribution in [2.75, 3.05) is 0 Å². The van der Waals surface area contributed by atoms with Crippen LogP contribution in [0.3, 0.4) is 0 Å². The van der Waals surface area contributed by atoms with Gasteiger partial charge in [0.1, 0.15) is 20.1 Å². The minimum atomic E-state index is -1.58. The topological polar surface area (TPSA) is 49.7 Å². The van der Waals surface area contributed by atoms with E-state index in [2.05, 4.69) is 0 Å². The third-order valence-electron chi connectivity index (χ3n) is 2.32. The van der Waals surface area contributed by atoms with Crippen molar-refractivity contribution in [2.24, 2.45) is 0 Å². The lowest BCUT2D eigenvalue weighted by Gasteiger charge is -2.13. The van der Waals surface area contributed by atoms with Crippen LogP contribution in [0, 0.1) is 0 Å². The van der Waals surface area contributed by atoms with Crippen molar-refractivity contribution >= 4 is 7.85 Å². The Morgan fingerprint density at radius 1 is 1.60 bits per heavy atom. The van der Waals surface area contributed by atoms with E-state index in [0.29, 0.717) is 0 Å². The van der Waals surface area contributed by atoms with Crippen molar-refractivity contribution in [3.63, 3.8) is 0 Å². The molecule has 0 radical (unpaired) electrons. The number of aliphatic hydroxyl groups is 2. The van der Waals surface area contributed by atoms with Gasteiger partial charge in [-0.15, -0.1) is 0 Å². The normalized spacial score (nSPS) is 65.9. The Balaban J connectivity index is 2.20. The van der Waals surface area contributed by atoms with E-state index in [9.17, 15) is 9.50 Å². The largest absolute Gasteiger partial charge is 0.387 e. The average molecular weight is 146 g/mol. The number of aliphatic hydroxyl groups excluding tert-OH is 1. The Hall–Kier alpha value is -0.125. The minimum absolute atomic E-state index is 0.585. The van der Waals surface area contributed by atoms with Gasteiger partial charge in [-0.25, -0.2) is 4.39 Å². The predicted octanol–water partition coefficient (Wildman–Crippen LogP) is -2.21. The van der Waals surface area contributed by atoms with E-state index < -0.39 is 30.0 Å². The molecule has 0 aromatic heterocycles. The van der Waals surface area contributed by atoms with Crippen LogP contribution in [0.15, 0.2) is 0 Å². The first-order chi connectivity index (χ1) is 4.58. The summed E-state index contributed by atoms with van der Waals surface area (Å²) in [6, 6.07) is -0.585. The predicted molar refractivity (Wildman–Crippen MR) is 33.1 cm³/mol. The first kappa shape index (κ1) is 6.58. The molecular weight excluding hydrogens is 138 g/mol. The lowest BCUT2D eigenvalue weighted by molar-refractivity contribution is 0.000220. The zero-order valence-corrected chi connectivity index (χ0v) is 5.49. The van der Waals surface area contributed by atoms with Crippen molar-refractivity contribution in [2.45, 2.75) is 30.0 Å². The van der Waals surface area contributed by atoms with E-state index >= 15 is 0 Å². The molecule has 2 aliphatic rings. The fourth-order valence-electron chi connectivity index (χ4n) is 1.52. The zero-order chi connectivity index (χ0) is 7.52. The van der Waals surface area contributed by atoms with Gasteiger partial charge in [0.25, 0.3) is 0 Å². The SMILES string of the molecule is B[C@@H]1O[C@@H]2C(O)[C@]2(O)[C@H]1F. The second-order valence-corrected chi connectivity index (χ2v) is 3.00. The van der Waals surface area contributed by atoms with Gasteiger partial charge in [0.15, 0.2) is 11.8 Å². The van der Waals surface area contributed by atoms with Gasteiger partial charge in [0, 0.05) is 0 Å². The first-order valence-corrected chi connectivity index (χ1v) is 3.28. The molecule has 0 spiro atoms. The van der Waals surface area contributed by atoms with Crippen LogP contribution in [-0.4, -0.2) is 48.0 Å². The Labute approximate surface area is 58.2 Å². The highest BCUT2D eigenvalue weighted by molar-refractivity contribution is 6.12. The summed E-state index contributed by atoms with van der Waals surface area (Å²) in [7, 11) is 1.54. The number of ether oxygens (including phenoxy) is 1. The Kier molecular flexibility index (Phi) is 1.02. The summed E-state index contributed by atoms with van der Waals surface area (Å²) >= 11 is 0. The van der Waals surface area contributed by atoms with Crippen LogP contribution < -0.4 is 0 Å². The minimum Gasteiger partial charge on any atom is -0.387 e. The number of hydrogen-bond acceptors (Lipinski definition) is 3. The maximum absolute atomic E-state index is 12.9. The third-order valence-corrected chi connectivity index (χ3v) is 2.32. The third kappa shape index (κ3) is 0.479. The van der Waals surface area contributed by atoms with Crippen LogP contribution in [0.25, 0.3) is 0 Å². The Morgan fingerprint density at radius 2 is 2.20 bits per heavy atom. The maximum atomic E-state index is 12.9. The molecular formula is C5H8BFO3. The highest BCUT2D eigenvalue weighted by Crippen LogP contribution is 2.50. The number of fused-ring (bicyclic) bond motifs is 1. The van der Waals surface area contributed by atoms with Crippen LogP contribution in [0.1, 0.15) is 0 Å². The lowest BCUT2D eigenvalue weighted by atomic mass is 9.92. The highest BCUT2D eigenvalue weighted by Gasteiger charge is 2.76. The monoisotopic (exact) mass is 146 g/mol. The lowest BCUT2D eigenvalue weighted by Crippen LogP contribution is -2.35. The van der Waals surface area contributed by atoms with Crippen molar-refractivity contribution in [1.29, 1.82) is 0 Å². The molecule has 1 aliphatic heterocycles. The number of hydrogen-bond donors (Lipinski definition) is 2. The molecule has 1 heterocycles. The van der Waals surface area contributed by atoms with Gasteiger partial charge in [-0.3, -0.25) is 0 Å². The fraction of sp³-hybridized carbons (Fsp3) is 1.00. The summed E-state index contributed by atoms with van der Waals surface area (Å²) in [6.45, 7) is 0. The molecule has 0 aromatic rings. The van der Waals surface area contributed by atoms with Gasteiger partial charge >= 0.3 is 0 Å². The van der Waals surface area contributed by atoms with E-state index in [0.717, 1.165) is 0 Å². The summed E-state index contributed by atoms with van der Waals surface area (Å²) in [4.78, 5) is 0. The molecule has 0 aromatic carbocycles. The molecule has 1 saturated carbocycles. The number of halogens is 1. The van der Waals surface area contributed by atoms with Gasteiger partial charge < -0.3 is 14.9 Å². The molecule has 1 unspecified atom stereocenters. The van der Waals surface area contributed by atoms with Gasteiger partial charge in [-0.05, 0) is 0 Å². The second-order valence-electron chi connectivity index (χ2n) is 3.00. The highest BCUT2D eigenvalue weighted by atomic mass is 19.1. The van der Waals surface area contributed by atoms with Gasteiger partial charge in [-0.1, -0.05) is 0 Å². The number of rotatable bonds is 0. The summed E-state index contributed by atoms with van der Waals surface area (Å²) in [5, 5.41) is 18.1. The van der Waals surface area contributed by atoms with Crippen molar-refractivity contribution in [3.05, 3.63) is 0 Å². The van der Waals surface area contributed by atoms with Crippen LogP contribution in [0.4, 0.5) is 4.39 Å². The molecule has 2 fully saturated rings. The molecule has 5 atom stereocenters. The van der Waals surface area contributed by atoms with Gasteiger partial charge in [-0.2, -0.15) is 0 Å². The quantitative estimate of drug-likeness (QED) is 0.381. The second kappa shape index (κ2) is 1.54. The van der Waals surface area contributed by atoms with Gasteiger partial charge in [0.2, 0.25) is 0 Å². The van der Waals surface area contributed by atoms with E-state index in [1.54, 1.807) is 7.85 Å². The molecule has 0 bridgehead atoms. The van der Waals surface area contributed by atoms with E-state index in [-0.39, 0.29) is 0 Å². The van der Waals surface area contributed by atoms with Crippen molar-refractivity contribution in [3.8, 4) is 0 Å². The molecule has 56 valence electrons. The van der Waals surface area contributed by atoms with Crippen molar-refractivity contribution < 1.29 is 19.3 Å². The summed E-state index contributed by atoms with van der Waals surface area (Å²) in [6.07, 6.45) is -3.14. The van der Waals surface area contributed by atoms with Crippen LogP contribution in [-0.2, 0) is 4.74 Å². The maximum Gasteiger partial charge on any atom is 0.154 e. The Morgan fingerprint density at radius 3 is 2.50 bits per heavy atom. The standard InChI is InChI=1S/C5H8BFO3/c6-4-1(7)5(9)2(8)3(5)10-4/h1-4,8-9H,6H2/t1-,2?,3+,4+,5+/m0/s1. The summed E-state index contributed by atoms with van der Waals surface area (Å²) in [5.74, 6) is 0. The van der Waals surface area contributed by atoms with E-state index in [1.165, 1.54) is 0 Å². The smallest absolute Gasteiger partial charge is 0.154 e. The molecule has 0 amide bonds. The van der Waals surface area contributed by atoms with Crippen LogP contribution in [0.2, 0.25) is 0 Å². The molecule has 1 aliphatic carbocycles. The molecule has 5 heteroatoms.